The molecule has 0 radical (unpaired) electrons. The Hall–Kier alpha value is -3.88. The van der Waals surface area contributed by atoms with E-state index in [1.54, 1.807) is 53.0 Å². The average molecular weight is 421 g/mol. The summed E-state index contributed by atoms with van der Waals surface area (Å²) in [6.07, 6.45) is 4.29. The number of para-hydroxylation sites is 1. The van der Waals surface area contributed by atoms with Crippen molar-refractivity contribution in [3.05, 3.63) is 80.5 Å². The molecule has 0 atom stereocenters. The van der Waals surface area contributed by atoms with Crippen LogP contribution in [0.15, 0.2) is 56.7 Å². The number of nitrogens with one attached hydrogen (secondary N) is 1. The second-order valence-corrected chi connectivity index (χ2v) is 7.39. The lowest BCUT2D eigenvalue weighted by atomic mass is 10.1. The van der Waals surface area contributed by atoms with Crippen LogP contribution in [0.4, 0.5) is 0 Å². The van der Waals surface area contributed by atoms with E-state index in [9.17, 15) is 14.4 Å². The van der Waals surface area contributed by atoms with E-state index < -0.39 is 11.2 Å². The summed E-state index contributed by atoms with van der Waals surface area (Å²) in [5.41, 5.74) is 0.234. The third-order valence-corrected chi connectivity index (χ3v) is 5.07. The molecule has 9 nitrogen and oxygen atoms in total. The highest BCUT2D eigenvalue weighted by Gasteiger charge is 2.27. The third kappa shape index (κ3) is 3.70. The molecule has 0 aliphatic heterocycles. The van der Waals surface area contributed by atoms with Crippen molar-refractivity contribution in [2.24, 2.45) is 7.05 Å². The van der Waals surface area contributed by atoms with Gasteiger partial charge in [-0.2, -0.15) is 5.10 Å². The lowest BCUT2D eigenvalue weighted by molar-refractivity contribution is 0.0743. The summed E-state index contributed by atoms with van der Waals surface area (Å²) >= 11 is 0. The number of amides is 1. The van der Waals surface area contributed by atoms with Crippen LogP contribution in [0.2, 0.25) is 0 Å². The fourth-order valence-electron chi connectivity index (χ4n) is 3.72. The van der Waals surface area contributed by atoms with Gasteiger partial charge < -0.3 is 9.32 Å². The van der Waals surface area contributed by atoms with Gasteiger partial charge in [-0.3, -0.25) is 19.3 Å². The third-order valence-electron chi connectivity index (χ3n) is 5.07. The number of aryl methyl sites for hydroxylation is 2. The van der Waals surface area contributed by atoms with E-state index in [2.05, 4.69) is 10.1 Å². The highest BCUT2D eigenvalue weighted by molar-refractivity contribution is 6.06. The van der Waals surface area contributed by atoms with Gasteiger partial charge in [0.2, 0.25) is 5.71 Å². The first-order valence-electron chi connectivity index (χ1n) is 10.0. The SMILES string of the molecule is CCCN(Cc1cnn(C)c1)C(=O)c1c(C)oc2[nH]c(=O)n(-c3ccccc3)c(=O)c12. The van der Waals surface area contributed by atoms with E-state index in [-0.39, 0.29) is 28.3 Å². The Morgan fingerprint density at radius 3 is 2.61 bits per heavy atom. The largest absolute Gasteiger partial charge is 0.444 e. The van der Waals surface area contributed by atoms with E-state index in [4.69, 9.17) is 4.42 Å². The Kier molecular flexibility index (Phi) is 5.33. The lowest BCUT2D eigenvalue weighted by Gasteiger charge is -2.21. The minimum atomic E-state index is -0.628. The van der Waals surface area contributed by atoms with Crippen molar-refractivity contribution in [2.45, 2.75) is 26.8 Å². The van der Waals surface area contributed by atoms with Gasteiger partial charge in [-0.1, -0.05) is 25.1 Å². The Morgan fingerprint density at radius 2 is 1.97 bits per heavy atom. The molecule has 1 amide bonds. The van der Waals surface area contributed by atoms with Crippen molar-refractivity contribution in [1.29, 1.82) is 0 Å². The predicted octanol–water partition coefficient (Wildman–Crippen LogP) is 2.37. The van der Waals surface area contributed by atoms with Gasteiger partial charge in [0.05, 0.1) is 17.4 Å². The summed E-state index contributed by atoms with van der Waals surface area (Å²) in [5, 5.41) is 4.22. The van der Waals surface area contributed by atoms with Crippen molar-refractivity contribution in [3.63, 3.8) is 0 Å². The molecule has 160 valence electrons. The number of furan rings is 1. The Balaban J connectivity index is 1.86. The molecule has 0 aliphatic rings. The second kappa shape index (κ2) is 8.10. The van der Waals surface area contributed by atoms with Gasteiger partial charge in [0.15, 0.2) is 0 Å². The molecule has 3 aromatic heterocycles. The standard InChI is InChI=1S/C22H23N5O4/c1-4-10-26(13-15-11-23-25(3)12-15)20(28)17-14(2)31-19-18(17)21(29)27(22(30)24-19)16-8-6-5-7-9-16/h5-9,11-12H,4,10,13H2,1-3H3,(H,24,30). The zero-order chi connectivity index (χ0) is 22.1. The minimum absolute atomic E-state index is 0.000794. The van der Waals surface area contributed by atoms with Crippen molar-refractivity contribution >= 4 is 17.0 Å². The van der Waals surface area contributed by atoms with Crippen LogP contribution in [0.5, 0.6) is 0 Å². The fraction of sp³-hybridized carbons (Fsp3) is 0.273. The molecule has 0 fully saturated rings. The number of fused-ring (bicyclic) bond motifs is 1. The lowest BCUT2D eigenvalue weighted by Crippen LogP contribution is -2.35. The van der Waals surface area contributed by atoms with Crippen LogP contribution in [0.3, 0.4) is 0 Å². The normalized spacial score (nSPS) is 11.2. The van der Waals surface area contributed by atoms with Crippen LogP contribution in [0, 0.1) is 6.92 Å². The first-order chi connectivity index (χ1) is 14.9. The van der Waals surface area contributed by atoms with E-state index in [0.29, 0.717) is 18.8 Å². The second-order valence-electron chi connectivity index (χ2n) is 7.39. The van der Waals surface area contributed by atoms with Crippen LogP contribution < -0.4 is 11.2 Å². The fourth-order valence-corrected chi connectivity index (χ4v) is 3.72. The molecule has 4 aromatic rings. The maximum absolute atomic E-state index is 13.5. The predicted molar refractivity (Wildman–Crippen MR) is 115 cm³/mol. The van der Waals surface area contributed by atoms with Crippen LogP contribution in [-0.2, 0) is 13.6 Å². The van der Waals surface area contributed by atoms with Crippen molar-refractivity contribution in [1.82, 2.24) is 24.2 Å². The molecule has 0 saturated heterocycles. The number of nitrogens with zero attached hydrogens (tertiary/aromatic N) is 4. The molecular weight excluding hydrogens is 398 g/mol. The summed E-state index contributed by atoms with van der Waals surface area (Å²) in [5.74, 6) is -0.0448. The number of benzene rings is 1. The molecule has 1 aromatic carbocycles. The Morgan fingerprint density at radius 1 is 1.23 bits per heavy atom. The molecule has 0 saturated carbocycles. The smallest absolute Gasteiger partial charge is 0.335 e. The van der Waals surface area contributed by atoms with E-state index >= 15 is 0 Å². The Labute approximate surface area is 177 Å². The van der Waals surface area contributed by atoms with Gasteiger partial charge in [0.1, 0.15) is 11.1 Å². The van der Waals surface area contributed by atoms with Crippen molar-refractivity contribution in [2.75, 3.05) is 6.54 Å². The van der Waals surface area contributed by atoms with E-state index in [1.165, 1.54) is 0 Å². The van der Waals surface area contributed by atoms with Gasteiger partial charge in [-0.05, 0) is 25.5 Å². The zero-order valence-electron chi connectivity index (χ0n) is 17.6. The maximum Gasteiger partial charge on any atom is 0.335 e. The zero-order valence-corrected chi connectivity index (χ0v) is 17.6. The van der Waals surface area contributed by atoms with Gasteiger partial charge in [-0.15, -0.1) is 0 Å². The molecule has 0 aliphatic carbocycles. The van der Waals surface area contributed by atoms with Gasteiger partial charge in [0.25, 0.3) is 11.5 Å². The molecule has 9 heteroatoms. The van der Waals surface area contributed by atoms with Gasteiger partial charge in [0, 0.05) is 31.9 Å². The molecule has 3 heterocycles. The number of hydrogen-bond donors (Lipinski definition) is 1. The summed E-state index contributed by atoms with van der Waals surface area (Å²) < 4.78 is 8.31. The monoisotopic (exact) mass is 421 g/mol. The number of rotatable bonds is 6. The number of carbonyl (C=O) groups is 1. The van der Waals surface area contributed by atoms with Crippen molar-refractivity contribution in [3.8, 4) is 5.69 Å². The first kappa shape index (κ1) is 20.4. The highest BCUT2D eigenvalue weighted by Crippen LogP contribution is 2.23. The number of carbonyl (C=O) groups excluding carboxylic acids is 1. The minimum Gasteiger partial charge on any atom is -0.444 e. The van der Waals surface area contributed by atoms with Crippen LogP contribution >= 0.6 is 0 Å². The van der Waals surface area contributed by atoms with Gasteiger partial charge >= 0.3 is 5.69 Å². The Bertz CT molecular complexity index is 1360. The highest BCUT2D eigenvalue weighted by atomic mass is 16.3. The number of hydrogen-bond acceptors (Lipinski definition) is 5. The molecule has 0 unspecified atom stereocenters. The van der Waals surface area contributed by atoms with E-state index in [0.717, 1.165) is 16.6 Å². The van der Waals surface area contributed by atoms with Crippen molar-refractivity contribution < 1.29 is 9.21 Å². The first-order valence-corrected chi connectivity index (χ1v) is 10.0. The van der Waals surface area contributed by atoms with E-state index in [1.807, 2.05) is 20.2 Å². The summed E-state index contributed by atoms with van der Waals surface area (Å²) in [6.45, 7) is 4.44. The van der Waals surface area contributed by atoms with Gasteiger partial charge in [-0.25, -0.2) is 9.36 Å². The topological polar surface area (TPSA) is 106 Å². The summed E-state index contributed by atoms with van der Waals surface area (Å²) in [7, 11) is 1.81. The number of aromatic nitrogens is 4. The maximum atomic E-state index is 13.5. The quantitative estimate of drug-likeness (QED) is 0.514. The molecule has 1 N–H and O–H groups in total. The molecule has 0 bridgehead atoms. The summed E-state index contributed by atoms with van der Waals surface area (Å²) in [4.78, 5) is 43.7. The van der Waals surface area contributed by atoms with Crippen LogP contribution in [-0.4, -0.2) is 36.7 Å². The molecular formula is C22H23N5O4. The average Bonchev–Trinajstić information content (AvgIpc) is 3.30. The molecule has 4 rings (SSSR count). The molecule has 31 heavy (non-hydrogen) atoms. The summed E-state index contributed by atoms with van der Waals surface area (Å²) in [6, 6.07) is 8.56. The molecule has 0 spiro atoms. The number of aromatic amines is 1. The number of H-pyrrole nitrogens is 1. The van der Waals surface area contributed by atoms with Crippen LogP contribution in [0.1, 0.15) is 35.0 Å². The van der Waals surface area contributed by atoms with Crippen LogP contribution in [0.25, 0.3) is 16.8 Å².